The number of nitrogens with one attached hydrogen (secondary N) is 2. The summed E-state index contributed by atoms with van der Waals surface area (Å²) in [5.41, 5.74) is 1.81. The molecule has 0 aliphatic heterocycles. The number of anilines is 1. The molecule has 0 unspecified atom stereocenters. The molecule has 0 fully saturated rings. The molecule has 2 amide bonds. The van der Waals surface area contributed by atoms with Crippen LogP contribution in [-0.2, 0) is 20.7 Å². The zero-order valence-electron chi connectivity index (χ0n) is 15.3. The zero-order valence-corrected chi connectivity index (χ0v) is 15.3. The smallest absolute Gasteiger partial charge is 0.325 e. The second-order valence-corrected chi connectivity index (χ2v) is 5.61. The van der Waals surface area contributed by atoms with Gasteiger partial charge in [-0.05, 0) is 36.8 Å². The van der Waals surface area contributed by atoms with Crippen LogP contribution in [0.3, 0.4) is 0 Å². The summed E-state index contributed by atoms with van der Waals surface area (Å²) in [5.74, 6) is -0.546. The van der Waals surface area contributed by atoms with Gasteiger partial charge >= 0.3 is 5.97 Å². The maximum atomic E-state index is 12.5. The number of rotatable bonds is 8. The molecular weight excluding hydrogens is 348 g/mol. The van der Waals surface area contributed by atoms with Gasteiger partial charge in [0.25, 0.3) is 5.91 Å². The normalized spacial score (nSPS) is 10.0. The van der Waals surface area contributed by atoms with Crippen LogP contribution < -0.4 is 15.4 Å². The number of ether oxygens (including phenoxy) is 2. The summed E-state index contributed by atoms with van der Waals surface area (Å²) in [5, 5.41) is 5.28. The number of methoxy groups -OCH3 is 1. The van der Waals surface area contributed by atoms with Crippen LogP contribution in [0.1, 0.15) is 22.8 Å². The van der Waals surface area contributed by atoms with Crippen molar-refractivity contribution in [1.29, 1.82) is 0 Å². The Morgan fingerprint density at radius 3 is 2.37 bits per heavy atom. The number of carbonyl (C=O) groups is 3. The average molecular weight is 370 g/mol. The molecule has 2 rings (SSSR count). The van der Waals surface area contributed by atoms with Gasteiger partial charge in [-0.25, -0.2) is 0 Å². The molecule has 0 radical (unpaired) electrons. The lowest BCUT2D eigenvalue weighted by molar-refractivity contribution is -0.141. The molecule has 0 heterocycles. The van der Waals surface area contributed by atoms with E-state index in [9.17, 15) is 14.4 Å². The molecule has 7 heteroatoms. The van der Waals surface area contributed by atoms with E-state index < -0.39 is 5.97 Å². The van der Waals surface area contributed by atoms with Gasteiger partial charge in [-0.2, -0.15) is 0 Å². The van der Waals surface area contributed by atoms with Crippen molar-refractivity contribution in [2.75, 3.05) is 25.6 Å². The van der Waals surface area contributed by atoms with Gasteiger partial charge in [0.2, 0.25) is 5.91 Å². The van der Waals surface area contributed by atoms with Gasteiger partial charge in [-0.3, -0.25) is 14.4 Å². The number of para-hydroxylation sites is 1. The Labute approximate surface area is 157 Å². The maximum Gasteiger partial charge on any atom is 0.325 e. The number of benzene rings is 2. The minimum absolute atomic E-state index is 0.123. The number of amides is 2. The van der Waals surface area contributed by atoms with Crippen molar-refractivity contribution >= 4 is 23.5 Å². The van der Waals surface area contributed by atoms with Crippen LogP contribution >= 0.6 is 0 Å². The van der Waals surface area contributed by atoms with E-state index in [1.807, 2.05) is 13.0 Å². The van der Waals surface area contributed by atoms with Gasteiger partial charge in [0.1, 0.15) is 12.3 Å². The largest absolute Gasteiger partial charge is 0.493 e. The molecule has 0 aliphatic rings. The monoisotopic (exact) mass is 370 g/mol. The van der Waals surface area contributed by atoms with Gasteiger partial charge in [0.15, 0.2) is 0 Å². The van der Waals surface area contributed by atoms with E-state index in [0.29, 0.717) is 23.6 Å². The molecule has 27 heavy (non-hydrogen) atoms. The third-order valence-electron chi connectivity index (χ3n) is 3.67. The Balaban J connectivity index is 1.94. The highest BCUT2D eigenvalue weighted by Gasteiger charge is 2.12. The average Bonchev–Trinajstić information content (AvgIpc) is 2.68. The number of esters is 1. The fourth-order valence-electron chi connectivity index (χ4n) is 2.33. The van der Waals surface area contributed by atoms with Gasteiger partial charge in [0, 0.05) is 5.69 Å². The predicted octanol–water partition coefficient (Wildman–Crippen LogP) is 2.17. The topological polar surface area (TPSA) is 93.7 Å². The summed E-state index contributed by atoms with van der Waals surface area (Å²) in [6.45, 7) is 2.16. The van der Waals surface area contributed by atoms with E-state index >= 15 is 0 Å². The molecule has 0 atom stereocenters. The van der Waals surface area contributed by atoms with Crippen LogP contribution in [0.15, 0.2) is 48.5 Å². The van der Waals surface area contributed by atoms with Crippen molar-refractivity contribution in [3.05, 3.63) is 59.7 Å². The second-order valence-electron chi connectivity index (χ2n) is 5.61. The van der Waals surface area contributed by atoms with Crippen LogP contribution in [0.4, 0.5) is 5.69 Å². The Kier molecular flexibility index (Phi) is 7.37. The van der Waals surface area contributed by atoms with Gasteiger partial charge in [-0.1, -0.05) is 24.3 Å². The third kappa shape index (κ3) is 6.14. The standard InChI is InChI=1S/C20H22N2O5/c1-3-27-17-7-5-4-6-16(17)20(25)22-15-10-8-14(9-11-15)12-18(23)21-13-19(24)26-2/h4-11H,3,12-13H2,1-2H3,(H,21,23)(H,22,25). The van der Waals surface area contributed by atoms with Crippen LogP contribution in [0, 0.1) is 0 Å². The van der Waals surface area contributed by atoms with Crippen molar-refractivity contribution in [1.82, 2.24) is 5.32 Å². The first-order valence-corrected chi connectivity index (χ1v) is 8.49. The lowest BCUT2D eigenvalue weighted by Gasteiger charge is -2.11. The van der Waals surface area contributed by atoms with Crippen LogP contribution in [-0.4, -0.2) is 38.0 Å². The second kappa shape index (κ2) is 9.96. The first-order valence-electron chi connectivity index (χ1n) is 8.49. The fourth-order valence-corrected chi connectivity index (χ4v) is 2.33. The first kappa shape index (κ1) is 20.0. The lowest BCUT2D eigenvalue weighted by atomic mass is 10.1. The first-order chi connectivity index (χ1) is 13.0. The van der Waals surface area contributed by atoms with E-state index in [1.54, 1.807) is 42.5 Å². The molecule has 142 valence electrons. The molecule has 2 N–H and O–H groups in total. The SMILES string of the molecule is CCOc1ccccc1C(=O)Nc1ccc(CC(=O)NCC(=O)OC)cc1. The van der Waals surface area contributed by atoms with Gasteiger partial charge < -0.3 is 20.1 Å². The van der Waals surface area contributed by atoms with Gasteiger partial charge in [-0.15, -0.1) is 0 Å². The van der Waals surface area contributed by atoms with Crippen LogP contribution in [0.5, 0.6) is 5.75 Å². The summed E-state index contributed by atoms with van der Waals surface area (Å²) in [6, 6.07) is 13.9. The molecule has 0 aliphatic carbocycles. The van der Waals surface area contributed by atoms with Crippen molar-refractivity contribution in [2.24, 2.45) is 0 Å². The molecule has 7 nitrogen and oxygen atoms in total. The molecule has 0 saturated heterocycles. The Morgan fingerprint density at radius 1 is 1.00 bits per heavy atom. The van der Waals surface area contributed by atoms with Crippen LogP contribution in [0.25, 0.3) is 0 Å². The van der Waals surface area contributed by atoms with E-state index in [-0.39, 0.29) is 24.8 Å². The number of carbonyl (C=O) groups excluding carboxylic acids is 3. The summed E-state index contributed by atoms with van der Waals surface area (Å²) in [4.78, 5) is 35.2. The van der Waals surface area contributed by atoms with E-state index in [0.717, 1.165) is 5.56 Å². The Bertz CT molecular complexity index is 802. The lowest BCUT2D eigenvalue weighted by Crippen LogP contribution is -2.31. The highest BCUT2D eigenvalue weighted by Crippen LogP contribution is 2.20. The Morgan fingerprint density at radius 2 is 1.70 bits per heavy atom. The molecule has 2 aromatic carbocycles. The minimum atomic E-state index is -0.506. The highest BCUT2D eigenvalue weighted by atomic mass is 16.5. The van der Waals surface area contributed by atoms with Crippen molar-refractivity contribution in [2.45, 2.75) is 13.3 Å². The maximum absolute atomic E-state index is 12.5. The molecule has 0 saturated carbocycles. The minimum Gasteiger partial charge on any atom is -0.493 e. The highest BCUT2D eigenvalue weighted by molar-refractivity contribution is 6.06. The van der Waals surface area contributed by atoms with Gasteiger partial charge in [0.05, 0.1) is 25.7 Å². The van der Waals surface area contributed by atoms with E-state index in [4.69, 9.17) is 4.74 Å². The summed E-state index contributed by atoms with van der Waals surface area (Å²) in [7, 11) is 1.26. The fraction of sp³-hybridized carbons (Fsp3) is 0.250. The number of hydrogen-bond donors (Lipinski definition) is 2. The third-order valence-corrected chi connectivity index (χ3v) is 3.67. The molecular formula is C20H22N2O5. The quantitative estimate of drug-likeness (QED) is 0.695. The zero-order chi connectivity index (χ0) is 19.6. The van der Waals surface area contributed by atoms with Crippen LogP contribution in [0.2, 0.25) is 0 Å². The summed E-state index contributed by atoms with van der Waals surface area (Å²) < 4.78 is 9.93. The summed E-state index contributed by atoms with van der Waals surface area (Å²) in [6.07, 6.45) is 0.123. The van der Waals surface area contributed by atoms with Crippen molar-refractivity contribution in [3.8, 4) is 5.75 Å². The molecule has 0 spiro atoms. The molecule has 0 aromatic heterocycles. The number of hydrogen-bond acceptors (Lipinski definition) is 5. The summed E-state index contributed by atoms with van der Waals surface area (Å²) >= 11 is 0. The van der Waals surface area contributed by atoms with Crippen molar-refractivity contribution in [3.63, 3.8) is 0 Å². The Hall–Kier alpha value is -3.35. The predicted molar refractivity (Wildman–Crippen MR) is 101 cm³/mol. The van der Waals surface area contributed by atoms with E-state index in [2.05, 4.69) is 15.4 Å². The van der Waals surface area contributed by atoms with Crippen molar-refractivity contribution < 1.29 is 23.9 Å². The van der Waals surface area contributed by atoms with E-state index in [1.165, 1.54) is 7.11 Å². The molecule has 0 bridgehead atoms. The molecule has 2 aromatic rings.